The van der Waals surface area contributed by atoms with Gasteiger partial charge >= 0.3 is 0 Å². The second-order valence-electron chi connectivity index (χ2n) is 2.79. The molecule has 0 spiro atoms. The lowest BCUT2D eigenvalue weighted by Crippen LogP contribution is -1.91. The van der Waals surface area contributed by atoms with E-state index in [1.165, 1.54) is 11.1 Å². The van der Waals surface area contributed by atoms with Crippen LogP contribution in [0.4, 0.5) is 0 Å². The lowest BCUT2D eigenvalue weighted by molar-refractivity contribution is 0.149. The summed E-state index contributed by atoms with van der Waals surface area (Å²) in [6.07, 6.45) is 1.76. The maximum atomic E-state index is 5.29. The Morgan fingerprint density at radius 3 is 2.29 bits per heavy atom. The van der Waals surface area contributed by atoms with E-state index in [0.717, 1.165) is 0 Å². The van der Waals surface area contributed by atoms with Crippen LogP contribution >= 0.6 is 0 Å². The summed E-state index contributed by atoms with van der Waals surface area (Å²) in [5.41, 5.74) is 2.49. The first-order chi connectivity index (χ1) is 6.83. The molecule has 0 aliphatic carbocycles. The van der Waals surface area contributed by atoms with Crippen LogP contribution < -0.4 is 0 Å². The predicted octanol–water partition coefficient (Wildman–Crippen LogP) is 3.72. The maximum absolute atomic E-state index is 5.29. The van der Waals surface area contributed by atoms with E-state index in [1.54, 1.807) is 6.08 Å². The van der Waals surface area contributed by atoms with E-state index in [4.69, 9.17) is 4.74 Å². The largest absolute Gasteiger partial charge is 0.373 e. The molecule has 0 radical (unpaired) electrons. The number of hydrogen-bond donors (Lipinski definition) is 0. The van der Waals surface area contributed by atoms with E-state index in [2.05, 4.69) is 37.8 Å². The molecule has 0 aliphatic rings. The number of hydrogen-bond acceptors (Lipinski definition) is 1. The van der Waals surface area contributed by atoms with E-state index < -0.39 is 0 Å². The predicted molar refractivity (Wildman–Crippen MR) is 62.4 cm³/mol. The van der Waals surface area contributed by atoms with Crippen molar-refractivity contribution >= 4 is 0 Å². The van der Waals surface area contributed by atoms with Crippen molar-refractivity contribution < 1.29 is 4.74 Å². The number of aryl methyl sites for hydroxylation is 1. The summed E-state index contributed by atoms with van der Waals surface area (Å²) in [5, 5.41) is 0. The van der Waals surface area contributed by atoms with Gasteiger partial charge in [0.25, 0.3) is 0 Å². The normalized spacial score (nSPS) is 8.79. The zero-order valence-electron chi connectivity index (χ0n) is 9.42. The minimum Gasteiger partial charge on any atom is -0.373 e. The van der Waals surface area contributed by atoms with E-state index in [-0.39, 0.29) is 0 Å². The minimum atomic E-state index is 0.619. The van der Waals surface area contributed by atoms with E-state index in [0.29, 0.717) is 13.2 Å². The van der Waals surface area contributed by atoms with Crippen LogP contribution in [0.5, 0.6) is 0 Å². The highest BCUT2D eigenvalue weighted by Crippen LogP contribution is 2.03. The smallest absolute Gasteiger partial charge is 0.0721 e. The van der Waals surface area contributed by atoms with Crippen LogP contribution in [-0.2, 0) is 11.3 Å². The number of ether oxygens (including phenoxy) is 1. The second-order valence-corrected chi connectivity index (χ2v) is 2.79. The van der Waals surface area contributed by atoms with Crippen molar-refractivity contribution in [3.63, 3.8) is 0 Å². The monoisotopic (exact) mass is 192 g/mol. The van der Waals surface area contributed by atoms with Gasteiger partial charge in [0, 0.05) is 0 Å². The first kappa shape index (κ1) is 12.9. The average molecular weight is 192 g/mol. The molecule has 0 aliphatic heterocycles. The van der Waals surface area contributed by atoms with Gasteiger partial charge in [0.05, 0.1) is 13.2 Å². The van der Waals surface area contributed by atoms with Gasteiger partial charge in [-0.25, -0.2) is 0 Å². The van der Waals surface area contributed by atoms with Crippen LogP contribution in [-0.4, -0.2) is 6.61 Å². The molecule has 0 N–H and O–H groups in total. The van der Waals surface area contributed by atoms with Crippen LogP contribution in [0.1, 0.15) is 25.0 Å². The van der Waals surface area contributed by atoms with Gasteiger partial charge in [0.2, 0.25) is 0 Å². The molecule has 1 aromatic rings. The summed E-state index contributed by atoms with van der Waals surface area (Å²) < 4.78 is 5.29. The number of benzene rings is 1. The fraction of sp³-hybridized carbons (Fsp3) is 0.385. The fourth-order valence-corrected chi connectivity index (χ4v) is 0.944. The molecule has 0 atom stereocenters. The van der Waals surface area contributed by atoms with Gasteiger partial charge in [0.15, 0.2) is 0 Å². The standard InChI is InChI=1S/C11H14O.C2H6/c1-3-8-12-9-11-6-4-10(2)5-7-11;1-2/h3-7H,1,8-9H2,2H3;1-2H3. The van der Waals surface area contributed by atoms with Gasteiger partial charge in [-0.1, -0.05) is 49.8 Å². The SMILES string of the molecule is C=CCOCc1ccc(C)cc1.CC. The fourth-order valence-electron chi connectivity index (χ4n) is 0.944. The van der Waals surface area contributed by atoms with Crippen molar-refractivity contribution in [2.45, 2.75) is 27.4 Å². The minimum absolute atomic E-state index is 0.619. The maximum Gasteiger partial charge on any atom is 0.0721 e. The molecule has 0 aromatic heterocycles. The lowest BCUT2D eigenvalue weighted by Gasteiger charge is -2.01. The summed E-state index contributed by atoms with van der Waals surface area (Å²) in [4.78, 5) is 0. The van der Waals surface area contributed by atoms with E-state index in [9.17, 15) is 0 Å². The van der Waals surface area contributed by atoms with Gasteiger partial charge in [-0.05, 0) is 12.5 Å². The Bertz CT molecular complexity index is 236. The van der Waals surface area contributed by atoms with Crippen molar-refractivity contribution in [1.82, 2.24) is 0 Å². The molecular weight excluding hydrogens is 172 g/mol. The third-order valence-corrected chi connectivity index (χ3v) is 1.63. The molecular formula is C13H20O. The third kappa shape index (κ3) is 5.55. The molecule has 1 aromatic carbocycles. The van der Waals surface area contributed by atoms with Gasteiger partial charge in [0.1, 0.15) is 0 Å². The Kier molecular flexibility index (Phi) is 7.86. The molecule has 0 amide bonds. The molecule has 1 rings (SSSR count). The Morgan fingerprint density at radius 1 is 1.21 bits per heavy atom. The number of rotatable bonds is 4. The zero-order valence-corrected chi connectivity index (χ0v) is 9.42. The molecule has 0 unspecified atom stereocenters. The molecule has 1 nitrogen and oxygen atoms in total. The third-order valence-electron chi connectivity index (χ3n) is 1.63. The Morgan fingerprint density at radius 2 is 1.79 bits per heavy atom. The van der Waals surface area contributed by atoms with Crippen molar-refractivity contribution in [3.05, 3.63) is 48.0 Å². The first-order valence-electron chi connectivity index (χ1n) is 5.07. The Hall–Kier alpha value is -1.08. The molecule has 14 heavy (non-hydrogen) atoms. The molecule has 0 fully saturated rings. The molecule has 0 saturated heterocycles. The molecule has 0 bridgehead atoms. The van der Waals surface area contributed by atoms with Crippen molar-refractivity contribution in [2.24, 2.45) is 0 Å². The highest BCUT2D eigenvalue weighted by molar-refractivity contribution is 5.20. The zero-order chi connectivity index (χ0) is 10.8. The summed E-state index contributed by atoms with van der Waals surface area (Å²) in [5.74, 6) is 0. The average Bonchev–Trinajstić information content (AvgIpc) is 2.24. The summed E-state index contributed by atoms with van der Waals surface area (Å²) >= 11 is 0. The van der Waals surface area contributed by atoms with E-state index >= 15 is 0 Å². The summed E-state index contributed by atoms with van der Waals surface area (Å²) in [6.45, 7) is 11.0. The van der Waals surface area contributed by atoms with E-state index in [1.807, 2.05) is 13.8 Å². The molecule has 1 heteroatoms. The summed E-state index contributed by atoms with van der Waals surface area (Å²) in [7, 11) is 0. The van der Waals surface area contributed by atoms with Crippen molar-refractivity contribution in [1.29, 1.82) is 0 Å². The van der Waals surface area contributed by atoms with Crippen LogP contribution in [0.3, 0.4) is 0 Å². The van der Waals surface area contributed by atoms with Crippen molar-refractivity contribution in [3.8, 4) is 0 Å². The second kappa shape index (κ2) is 8.52. The molecule has 0 heterocycles. The van der Waals surface area contributed by atoms with Gasteiger partial charge in [-0.15, -0.1) is 6.58 Å². The quantitative estimate of drug-likeness (QED) is 0.522. The lowest BCUT2D eigenvalue weighted by atomic mass is 10.2. The van der Waals surface area contributed by atoms with Crippen LogP contribution in [0.25, 0.3) is 0 Å². The summed E-state index contributed by atoms with van der Waals surface area (Å²) in [6, 6.07) is 8.34. The highest BCUT2D eigenvalue weighted by Gasteiger charge is 1.90. The highest BCUT2D eigenvalue weighted by atomic mass is 16.5. The Labute approximate surface area is 87.4 Å². The molecule has 0 saturated carbocycles. The van der Waals surface area contributed by atoms with Crippen LogP contribution in [0.2, 0.25) is 0 Å². The topological polar surface area (TPSA) is 9.23 Å². The van der Waals surface area contributed by atoms with Gasteiger partial charge < -0.3 is 4.74 Å². The van der Waals surface area contributed by atoms with Crippen LogP contribution in [0, 0.1) is 6.92 Å². The van der Waals surface area contributed by atoms with Gasteiger partial charge in [-0.2, -0.15) is 0 Å². The Balaban J connectivity index is 0.000000791. The van der Waals surface area contributed by atoms with Crippen molar-refractivity contribution in [2.75, 3.05) is 6.61 Å². The molecule has 78 valence electrons. The van der Waals surface area contributed by atoms with Crippen LogP contribution in [0.15, 0.2) is 36.9 Å². The first-order valence-corrected chi connectivity index (χ1v) is 5.07. The van der Waals surface area contributed by atoms with Gasteiger partial charge in [-0.3, -0.25) is 0 Å².